The van der Waals surface area contributed by atoms with Gasteiger partial charge in [0.2, 0.25) is 5.95 Å². The van der Waals surface area contributed by atoms with Crippen molar-refractivity contribution in [1.82, 2.24) is 9.97 Å². The van der Waals surface area contributed by atoms with Crippen molar-refractivity contribution in [2.75, 3.05) is 18.0 Å². The summed E-state index contributed by atoms with van der Waals surface area (Å²) in [5.41, 5.74) is 8.89. The summed E-state index contributed by atoms with van der Waals surface area (Å²) < 4.78 is 0. The second-order valence-corrected chi connectivity index (χ2v) is 5.00. The predicted octanol–water partition coefficient (Wildman–Crippen LogP) is 2.45. The molecule has 1 aromatic heterocycles. The van der Waals surface area contributed by atoms with Gasteiger partial charge in [0.05, 0.1) is 0 Å². The highest BCUT2D eigenvalue weighted by atomic mass is 15.2. The van der Waals surface area contributed by atoms with Gasteiger partial charge in [-0.2, -0.15) is 0 Å². The summed E-state index contributed by atoms with van der Waals surface area (Å²) in [4.78, 5) is 11.3. The summed E-state index contributed by atoms with van der Waals surface area (Å²) in [6.07, 6.45) is 0.934. The summed E-state index contributed by atoms with van der Waals surface area (Å²) in [6.45, 7) is 6.36. The van der Waals surface area contributed by atoms with Gasteiger partial charge in [0.15, 0.2) is 0 Å². The molecule has 0 aliphatic rings. The maximum Gasteiger partial charge on any atom is 0.226 e. The van der Waals surface area contributed by atoms with Gasteiger partial charge in [-0.25, -0.2) is 9.97 Å². The lowest BCUT2D eigenvalue weighted by Crippen LogP contribution is -2.27. The normalized spacial score (nSPS) is 10.6. The third-order valence-corrected chi connectivity index (χ3v) is 3.10. The van der Waals surface area contributed by atoms with Crippen molar-refractivity contribution < 1.29 is 0 Å². The molecule has 0 saturated heterocycles. The van der Waals surface area contributed by atoms with Crippen LogP contribution in [0, 0.1) is 13.8 Å². The number of hydrogen-bond donors (Lipinski definition) is 1. The molecule has 20 heavy (non-hydrogen) atoms. The molecule has 0 amide bonds. The monoisotopic (exact) mass is 270 g/mol. The van der Waals surface area contributed by atoms with Crippen molar-refractivity contribution in [2.24, 2.45) is 5.73 Å². The standard InChI is InChI=1S/C16H22N4/c1-13-11-14(2)19-16(18-13)20(10-6-9-17)12-15-7-4-3-5-8-15/h3-5,7-8,11H,6,9-10,12,17H2,1-2H3. The minimum absolute atomic E-state index is 0.677. The van der Waals surface area contributed by atoms with Crippen LogP contribution in [-0.2, 0) is 6.54 Å². The van der Waals surface area contributed by atoms with E-state index >= 15 is 0 Å². The number of rotatable bonds is 6. The lowest BCUT2D eigenvalue weighted by molar-refractivity contribution is 0.710. The van der Waals surface area contributed by atoms with E-state index in [2.05, 4.69) is 39.1 Å². The molecule has 0 aliphatic carbocycles. The quantitative estimate of drug-likeness (QED) is 0.876. The molecular formula is C16H22N4. The van der Waals surface area contributed by atoms with Crippen LogP contribution in [0.5, 0.6) is 0 Å². The Morgan fingerprint density at radius 2 is 1.70 bits per heavy atom. The highest BCUT2D eigenvalue weighted by molar-refractivity contribution is 5.34. The molecular weight excluding hydrogens is 248 g/mol. The van der Waals surface area contributed by atoms with Gasteiger partial charge in [-0.15, -0.1) is 0 Å². The average molecular weight is 270 g/mol. The lowest BCUT2D eigenvalue weighted by atomic mass is 10.2. The molecule has 0 unspecified atom stereocenters. The minimum atomic E-state index is 0.677. The van der Waals surface area contributed by atoms with Crippen LogP contribution in [0.25, 0.3) is 0 Å². The van der Waals surface area contributed by atoms with Gasteiger partial charge in [-0.1, -0.05) is 30.3 Å². The van der Waals surface area contributed by atoms with E-state index in [9.17, 15) is 0 Å². The van der Waals surface area contributed by atoms with E-state index in [0.717, 1.165) is 36.8 Å². The predicted molar refractivity (Wildman–Crippen MR) is 82.7 cm³/mol. The van der Waals surface area contributed by atoms with E-state index in [1.165, 1.54) is 5.56 Å². The number of anilines is 1. The Morgan fingerprint density at radius 3 is 2.30 bits per heavy atom. The Hall–Kier alpha value is -1.94. The van der Waals surface area contributed by atoms with Gasteiger partial charge in [0.25, 0.3) is 0 Å². The SMILES string of the molecule is Cc1cc(C)nc(N(CCCN)Cc2ccccc2)n1. The first-order chi connectivity index (χ1) is 9.69. The molecule has 106 valence electrons. The topological polar surface area (TPSA) is 55.0 Å². The van der Waals surface area contributed by atoms with E-state index in [0.29, 0.717) is 6.54 Å². The minimum Gasteiger partial charge on any atom is -0.336 e. The molecule has 0 saturated carbocycles. The molecule has 2 aromatic rings. The van der Waals surface area contributed by atoms with Crippen molar-refractivity contribution in [2.45, 2.75) is 26.8 Å². The number of aromatic nitrogens is 2. The van der Waals surface area contributed by atoms with Crippen LogP contribution in [0.4, 0.5) is 5.95 Å². The van der Waals surface area contributed by atoms with E-state index in [1.807, 2.05) is 26.0 Å². The summed E-state index contributed by atoms with van der Waals surface area (Å²) >= 11 is 0. The highest BCUT2D eigenvalue weighted by Gasteiger charge is 2.11. The van der Waals surface area contributed by atoms with Crippen LogP contribution in [0.15, 0.2) is 36.4 Å². The molecule has 2 N–H and O–H groups in total. The Labute approximate surface area is 120 Å². The van der Waals surface area contributed by atoms with Crippen LogP contribution in [0.1, 0.15) is 23.4 Å². The molecule has 0 atom stereocenters. The van der Waals surface area contributed by atoms with Crippen LogP contribution < -0.4 is 10.6 Å². The second-order valence-electron chi connectivity index (χ2n) is 5.00. The molecule has 4 heteroatoms. The molecule has 0 aliphatic heterocycles. The van der Waals surface area contributed by atoms with E-state index in [4.69, 9.17) is 5.73 Å². The summed E-state index contributed by atoms with van der Waals surface area (Å²) in [5.74, 6) is 0.791. The molecule has 0 bridgehead atoms. The Bertz CT molecular complexity index is 519. The van der Waals surface area contributed by atoms with Crippen molar-refractivity contribution in [3.63, 3.8) is 0 Å². The van der Waals surface area contributed by atoms with Gasteiger partial charge in [-0.05, 0) is 38.4 Å². The maximum atomic E-state index is 5.64. The van der Waals surface area contributed by atoms with Gasteiger partial charge in [0.1, 0.15) is 0 Å². The smallest absolute Gasteiger partial charge is 0.226 e. The van der Waals surface area contributed by atoms with Gasteiger partial charge >= 0.3 is 0 Å². The van der Waals surface area contributed by atoms with Crippen LogP contribution in [0.3, 0.4) is 0 Å². The summed E-state index contributed by atoms with van der Waals surface area (Å²) in [7, 11) is 0. The van der Waals surface area contributed by atoms with Crippen LogP contribution >= 0.6 is 0 Å². The van der Waals surface area contributed by atoms with Gasteiger partial charge in [-0.3, -0.25) is 0 Å². The first kappa shape index (κ1) is 14.5. The zero-order valence-electron chi connectivity index (χ0n) is 12.2. The molecule has 4 nitrogen and oxygen atoms in total. The number of nitrogens with two attached hydrogens (primary N) is 1. The second kappa shape index (κ2) is 7.01. The maximum absolute atomic E-state index is 5.64. The zero-order valence-corrected chi connectivity index (χ0v) is 12.2. The lowest BCUT2D eigenvalue weighted by Gasteiger charge is -2.23. The third kappa shape index (κ3) is 4.03. The van der Waals surface area contributed by atoms with Crippen molar-refractivity contribution in [3.05, 3.63) is 53.3 Å². The zero-order chi connectivity index (χ0) is 14.4. The Morgan fingerprint density at radius 1 is 1.05 bits per heavy atom. The van der Waals surface area contributed by atoms with Crippen LogP contribution in [0.2, 0.25) is 0 Å². The fraction of sp³-hybridized carbons (Fsp3) is 0.375. The number of hydrogen-bond acceptors (Lipinski definition) is 4. The fourth-order valence-corrected chi connectivity index (χ4v) is 2.18. The average Bonchev–Trinajstić information content (AvgIpc) is 2.43. The van der Waals surface area contributed by atoms with E-state index in [1.54, 1.807) is 0 Å². The molecule has 0 fully saturated rings. The Kier molecular flexibility index (Phi) is 5.07. The number of aryl methyl sites for hydroxylation is 2. The van der Waals surface area contributed by atoms with E-state index < -0.39 is 0 Å². The number of nitrogens with zero attached hydrogens (tertiary/aromatic N) is 3. The third-order valence-electron chi connectivity index (χ3n) is 3.10. The van der Waals surface area contributed by atoms with E-state index in [-0.39, 0.29) is 0 Å². The fourth-order valence-electron chi connectivity index (χ4n) is 2.18. The van der Waals surface area contributed by atoms with Crippen molar-refractivity contribution in [1.29, 1.82) is 0 Å². The summed E-state index contributed by atoms with van der Waals surface area (Å²) in [5, 5.41) is 0. The highest BCUT2D eigenvalue weighted by Crippen LogP contribution is 2.14. The number of benzene rings is 1. The van der Waals surface area contributed by atoms with Gasteiger partial charge < -0.3 is 10.6 Å². The molecule has 0 radical (unpaired) electrons. The summed E-state index contributed by atoms with van der Waals surface area (Å²) in [6, 6.07) is 12.4. The van der Waals surface area contributed by atoms with Crippen molar-refractivity contribution in [3.8, 4) is 0 Å². The largest absolute Gasteiger partial charge is 0.336 e. The van der Waals surface area contributed by atoms with Crippen molar-refractivity contribution >= 4 is 5.95 Å². The van der Waals surface area contributed by atoms with Gasteiger partial charge in [0, 0.05) is 24.5 Å². The first-order valence-corrected chi connectivity index (χ1v) is 7.00. The van der Waals surface area contributed by atoms with Crippen LogP contribution in [-0.4, -0.2) is 23.1 Å². The Balaban J connectivity index is 2.22. The molecule has 1 heterocycles. The molecule has 0 spiro atoms. The first-order valence-electron chi connectivity index (χ1n) is 7.00. The molecule has 2 rings (SSSR count). The molecule has 1 aromatic carbocycles.